The molecule has 0 fully saturated rings. The van der Waals surface area contributed by atoms with Crippen LogP contribution in [0.3, 0.4) is 0 Å². The Kier molecular flexibility index (Phi) is 11.5. The van der Waals surface area contributed by atoms with Crippen LogP contribution in [0.5, 0.6) is 0 Å². The second kappa shape index (κ2) is 13.4. The van der Waals surface area contributed by atoms with Crippen LogP contribution in [-0.2, 0) is 14.6 Å². The average Bonchev–Trinajstić information content (AvgIpc) is 2.64. The molecule has 0 atom stereocenters. The Morgan fingerprint density at radius 3 is 2.52 bits per heavy atom. The van der Waals surface area contributed by atoms with Crippen LogP contribution >= 0.6 is 0 Å². The second-order valence-electron chi connectivity index (χ2n) is 6.20. The first kappa shape index (κ1) is 23.2. The molecular formula is C19H34N4O3S. The molecule has 0 unspecified atom stereocenters. The van der Waals surface area contributed by atoms with E-state index in [1.54, 1.807) is 0 Å². The molecule has 0 aromatic heterocycles. The number of nitrogens with one attached hydrogen (secondary N) is 2. The molecule has 0 aliphatic carbocycles. The third-order valence-electron chi connectivity index (χ3n) is 3.84. The number of rotatable bonds is 13. The maximum absolute atomic E-state index is 11.0. The molecule has 27 heavy (non-hydrogen) atoms. The highest BCUT2D eigenvalue weighted by molar-refractivity contribution is 7.90. The third-order valence-corrected chi connectivity index (χ3v) is 4.75. The van der Waals surface area contributed by atoms with Crippen molar-refractivity contribution in [3.63, 3.8) is 0 Å². The lowest BCUT2D eigenvalue weighted by molar-refractivity contribution is 0.154. The number of para-hydroxylation sites is 1. The van der Waals surface area contributed by atoms with E-state index in [0.29, 0.717) is 13.2 Å². The van der Waals surface area contributed by atoms with Crippen LogP contribution in [0.2, 0.25) is 0 Å². The van der Waals surface area contributed by atoms with Gasteiger partial charge in [-0.05, 0) is 32.4 Å². The van der Waals surface area contributed by atoms with Crippen LogP contribution < -0.4 is 15.5 Å². The minimum absolute atomic E-state index is 0.0521. The minimum atomic E-state index is -2.97. The number of nitrogens with zero attached hydrogens (tertiary/aromatic N) is 2. The molecule has 1 rings (SSSR count). The molecule has 2 N–H and O–H groups in total. The first-order valence-corrected chi connectivity index (χ1v) is 11.6. The number of benzene rings is 1. The predicted molar refractivity (Wildman–Crippen MR) is 113 cm³/mol. The molecule has 0 bridgehead atoms. The van der Waals surface area contributed by atoms with Gasteiger partial charge in [0.1, 0.15) is 9.84 Å². The fourth-order valence-corrected chi connectivity index (χ4v) is 2.88. The average molecular weight is 399 g/mol. The number of sulfone groups is 1. The highest BCUT2D eigenvalue weighted by Crippen LogP contribution is 2.12. The second-order valence-corrected chi connectivity index (χ2v) is 8.46. The number of aliphatic imine (C=N–C) groups is 1. The van der Waals surface area contributed by atoms with Crippen LogP contribution in [0.15, 0.2) is 35.3 Å². The van der Waals surface area contributed by atoms with E-state index < -0.39 is 9.84 Å². The lowest BCUT2D eigenvalue weighted by Crippen LogP contribution is -2.39. The van der Waals surface area contributed by atoms with Crippen molar-refractivity contribution < 1.29 is 13.2 Å². The molecule has 0 amide bonds. The van der Waals surface area contributed by atoms with E-state index in [4.69, 9.17) is 4.74 Å². The first-order chi connectivity index (χ1) is 13.0. The van der Waals surface area contributed by atoms with Crippen molar-refractivity contribution in [2.24, 2.45) is 4.99 Å². The van der Waals surface area contributed by atoms with Gasteiger partial charge in [-0.3, -0.25) is 4.99 Å². The smallest absolute Gasteiger partial charge is 0.191 e. The van der Waals surface area contributed by atoms with Crippen molar-refractivity contribution in [2.45, 2.75) is 20.3 Å². The number of hydrogen-bond acceptors (Lipinski definition) is 5. The Balaban J connectivity index is 2.29. The highest BCUT2D eigenvalue weighted by atomic mass is 32.2. The molecule has 1 aromatic rings. The van der Waals surface area contributed by atoms with Crippen molar-refractivity contribution in [3.8, 4) is 0 Å². The summed E-state index contributed by atoms with van der Waals surface area (Å²) in [6.45, 7) is 8.87. The molecule has 0 heterocycles. The van der Waals surface area contributed by atoms with Crippen LogP contribution in [0, 0.1) is 0 Å². The first-order valence-electron chi connectivity index (χ1n) is 9.54. The van der Waals surface area contributed by atoms with Gasteiger partial charge in [-0.15, -0.1) is 0 Å². The van der Waals surface area contributed by atoms with Crippen molar-refractivity contribution in [3.05, 3.63) is 30.3 Å². The van der Waals surface area contributed by atoms with Crippen molar-refractivity contribution in [2.75, 3.05) is 62.8 Å². The number of ether oxygens (including phenoxy) is 1. The maximum Gasteiger partial charge on any atom is 0.191 e. The van der Waals surface area contributed by atoms with Gasteiger partial charge >= 0.3 is 0 Å². The molecule has 1 aromatic carbocycles. The number of anilines is 1. The molecule has 0 aliphatic heterocycles. The van der Waals surface area contributed by atoms with E-state index in [-0.39, 0.29) is 12.4 Å². The van der Waals surface area contributed by atoms with Crippen LogP contribution in [-0.4, -0.2) is 72.3 Å². The topological polar surface area (TPSA) is 83.0 Å². The predicted octanol–water partition coefficient (Wildman–Crippen LogP) is 1.52. The number of hydrogen-bond donors (Lipinski definition) is 2. The largest absolute Gasteiger partial charge is 0.379 e. The van der Waals surface area contributed by atoms with E-state index in [1.807, 2.05) is 13.0 Å². The van der Waals surface area contributed by atoms with Gasteiger partial charge in [0.2, 0.25) is 0 Å². The van der Waals surface area contributed by atoms with Crippen LogP contribution in [0.25, 0.3) is 0 Å². The Labute approximate surface area is 164 Å². The lowest BCUT2D eigenvalue weighted by Gasteiger charge is -2.22. The lowest BCUT2D eigenvalue weighted by atomic mass is 10.2. The fraction of sp³-hybridized carbons (Fsp3) is 0.632. The van der Waals surface area contributed by atoms with Gasteiger partial charge in [0.15, 0.2) is 5.96 Å². The summed E-state index contributed by atoms with van der Waals surface area (Å²) >= 11 is 0. The molecule has 154 valence electrons. The maximum atomic E-state index is 11.0. The van der Waals surface area contributed by atoms with Gasteiger partial charge in [-0.25, -0.2) is 8.42 Å². The molecule has 0 aliphatic rings. The van der Waals surface area contributed by atoms with E-state index in [9.17, 15) is 8.42 Å². The monoisotopic (exact) mass is 398 g/mol. The van der Waals surface area contributed by atoms with Gasteiger partial charge in [-0.2, -0.15) is 0 Å². The Bertz CT molecular complexity index is 636. The zero-order chi connectivity index (χ0) is 20.0. The molecule has 0 radical (unpaired) electrons. The zero-order valence-electron chi connectivity index (χ0n) is 16.8. The van der Waals surface area contributed by atoms with Gasteiger partial charge in [0.05, 0.1) is 19.0 Å². The van der Waals surface area contributed by atoms with E-state index in [0.717, 1.165) is 38.6 Å². The van der Waals surface area contributed by atoms with Crippen molar-refractivity contribution in [1.82, 2.24) is 10.6 Å². The standard InChI is InChI=1S/C19H34N4O3S/c1-4-20-19(22-13-15-26-16-17-27(3,24)25)21-12-9-14-23(5-2)18-10-7-6-8-11-18/h6-8,10-11H,4-5,9,12-17H2,1-3H3,(H2,20,21,22). The Morgan fingerprint density at radius 1 is 1.15 bits per heavy atom. The SMILES string of the molecule is CCNC(=NCCCN(CC)c1ccccc1)NCCOCCS(C)(=O)=O. The summed E-state index contributed by atoms with van der Waals surface area (Å²) in [6.07, 6.45) is 2.17. The Hall–Kier alpha value is -1.80. The van der Waals surface area contributed by atoms with Gasteiger partial charge in [0.25, 0.3) is 0 Å². The third kappa shape index (κ3) is 11.5. The molecule has 0 saturated heterocycles. The molecule has 8 heteroatoms. The molecule has 7 nitrogen and oxygen atoms in total. The summed E-state index contributed by atoms with van der Waals surface area (Å²) in [5.41, 5.74) is 1.24. The normalized spacial score (nSPS) is 12.0. The van der Waals surface area contributed by atoms with Crippen LogP contribution in [0.1, 0.15) is 20.3 Å². The summed E-state index contributed by atoms with van der Waals surface area (Å²) in [7, 11) is -2.97. The number of guanidine groups is 1. The van der Waals surface area contributed by atoms with E-state index >= 15 is 0 Å². The van der Waals surface area contributed by atoms with Crippen LogP contribution in [0.4, 0.5) is 5.69 Å². The van der Waals surface area contributed by atoms with Crippen molar-refractivity contribution in [1.29, 1.82) is 0 Å². The summed E-state index contributed by atoms with van der Waals surface area (Å²) in [4.78, 5) is 6.93. The molecular weight excluding hydrogens is 364 g/mol. The summed E-state index contributed by atoms with van der Waals surface area (Å²) < 4.78 is 27.4. The minimum Gasteiger partial charge on any atom is -0.379 e. The summed E-state index contributed by atoms with van der Waals surface area (Å²) in [6, 6.07) is 10.4. The summed E-state index contributed by atoms with van der Waals surface area (Å²) in [5, 5.41) is 6.41. The summed E-state index contributed by atoms with van der Waals surface area (Å²) in [5.74, 6) is 0.809. The molecule has 0 spiro atoms. The zero-order valence-corrected chi connectivity index (χ0v) is 17.6. The van der Waals surface area contributed by atoms with Gasteiger partial charge in [0, 0.05) is 44.7 Å². The van der Waals surface area contributed by atoms with E-state index in [2.05, 4.69) is 51.7 Å². The quantitative estimate of drug-likeness (QED) is 0.298. The molecule has 0 saturated carbocycles. The Morgan fingerprint density at radius 2 is 1.89 bits per heavy atom. The van der Waals surface area contributed by atoms with Gasteiger partial charge < -0.3 is 20.3 Å². The van der Waals surface area contributed by atoms with E-state index in [1.165, 1.54) is 11.9 Å². The highest BCUT2D eigenvalue weighted by Gasteiger charge is 2.04. The van der Waals surface area contributed by atoms with Gasteiger partial charge in [-0.1, -0.05) is 18.2 Å². The van der Waals surface area contributed by atoms with Crippen molar-refractivity contribution >= 4 is 21.5 Å². The fourth-order valence-electron chi connectivity index (χ4n) is 2.46.